The molecule has 1 aliphatic heterocycles. The molecule has 8 nitrogen and oxygen atoms in total. The Balaban J connectivity index is 1.91. The molecule has 1 aromatic rings. The molecule has 11 heteroatoms. The topological polar surface area (TPSA) is 110 Å². The summed E-state index contributed by atoms with van der Waals surface area (Å²) in [5, 5.41) is 2.42. The first-order chi connectivity index (χ1) is 14.6. The Bertz CT molecular complexity index is 901. The van der Waals surface area contributed by atoms with Crippen molar-refractivity contribution in [2.24, 2.45) is 0 Å². The van der Waals surface area contributed by atoms with Gasteiger partial charge < -0.3 is 15.0 Å². The Hall–Kier alpha value is -2.56. The monoisotopic (exact) mass is 460 g/mol. The molecule has 1 N–H and O–H groups in total. The molecule has 0 saturated carbocycles. The van der Waals surface area contributed by atoms with Gasteiger partial charge in [0.05, 0.1) is 17.5 Å². The van der Waals surface area contributed by atoms with Gasteiger partial charge in [-0.05, 0) is 25.3 Å². The number of ketones is 1. The maximum atomic E-state index is 12.5. The lowest BCUT2D eigenvalue weighted by molar-refractivity contribution is -0.145. The standard InChI is InChI=1S/C20H26F2N2O6S/c1-2-15(18(26)19(27)24-10-5-6-11-24)23-17(25)9-12-31(28,29)13-14-7-3-4-8-16(14)30-20(21)22/h3-4,7-8,15,20H,2,5-6,9-13H2,1H3,(H,23,25). The molecule has 1 heterocycles. The van der Waals surface area contributed by atoms with Crippen molar-refractivity contribution in [2.75, 3.05) is 18.8 Å². The number of carbonyl (C=O) groups excluding carboxylic acids is 3. The number of amides is 2. The molecule has 0 aliphatic carbocycles. The second-order valence-electron chi connectivity index (χ2n) is 7.22. The van der Waals surface area contributed by atoms with Gasteiger partial charge in [0.15, 0.2) is 9.84 Å². The Morgan fingerprint density at radius 3 is 2.42 bits per heavy atom. The highest BCUT2D eigenvalue weighted by Crippen LogP contribution is 2.23. The van der Waals surface area contributed by atoms with Crippen molar-refractivity contribution in [3.8, 4) is 5.75 Å². The van der Waals surface area contributed by atoms with Gasteiger partial charge in [-0.15, -0.1) is 0 Å². The second kappa shape index (κ2) is 11.2. The number of alkyl halides is 2. The first-order valence-corrected chi connectivity index (χ1v) is 11.8. The molecule has 1 saturated heterocycles. The number of nitrogens with zero attached hydrogens (tertiary/aromatic N) is 1. The van der Waals surface area contributed by atoms with Gasteiger partial charge in [0, 0.05) is 25.1 Å². The van der Waals surface area contributed by atoms with Gasteiger partial charge in [-0.3, -0.25) is 14.4 Å². The minimum atomic E-state index is -3.83. The molecule has 2 rings (SSSR count). The van der Waals surface area contributed by atoms with Crippen LogP contribution >= 0.6 is 0 Å². The van der Waals surface area contributed by atoms with Gasteiger partial charge in [-0.1, -0.05) is 25.1 Å². The maximum absolute atomic E-state index is 12.5. The van der Waals surface area contributed by atoms with E-state index in [4.69, 9.17) is 0 Å². The fourth-order valence-corrected chi connectivity index (χ4v) is 4.59. The number of sulfone groups is 1. The summed E-state index contributed by atoms with van der Waals surface area (Å²) in [7, 11) is -3.83. The number of Topliss-reactive ketones (excluding diaryl/α,β-unsaturated/α-hetero) is 1. The molecule has 0 bridgehead atoms. The van der Waals surface area contributed by atoms with E-state index in [1.807, 2.05) is 0 Å². The zero-order chi connectivity index (χ0) is 23.0. The van der Waals surface area contributed by atoms with E-state index < -0.39 is 58.0 Å². The number of benzene rings is 1. The average molecular weight is 460 g/mol. The Morgan fingerprint density at radius 2 is 1.81 bits per heavy atom. The van der Waals surface area contributed by atoms with Gasteiger partial charge in [-0.25, -0.2) is 8.42 Å². The molecular formula is C20H26F2N2O6S. The second-order valence-corrected chi connectivity index (χ2v) is 9.40. The van der Waals surface area contributed by atoms with Crippen LogP contribution in [0.4, 0.5) is 8.78 Å². The van der Waals surface area contributed by atoms with Crippen molar-refractivity contribution >= 4 is 27.4 Å². The summed E-state index contributed by atoms with van der Waals surface area (Å²) in [5.41, 5.74) is 0.0565. The van der Waals surface area contributed by atoms with Crippen molar-refractivity contribution in [2.45, 2.75) is 51.0 Å². The Labute approximate surface area is 179 Å². The average Bonchev–Trinajstić information content (AvgIpc) is 3.25. The van der Waals surface area contributed by atoms with Crippen LogP contribution in [0.15, 0.2) is 24.3 Å². The van der Waals surface area contributed by atoms with Crippen LogP contribution in [0, 0.1) is 0 Å². The van der Waals surface area contributed by atoms with Gasteiger partial charge in [-0.2, -0.15) is 8.78 Å². The van der Waals surface area contributed by atoms with Crippen LogP contribution in [-0.4, -0.2) is 62.4 Å². The predicted molar refractivity (Wildman–Crippen MR) is 108 cm³/mol. The van der Waals surface area contributed by atoms with Gasteiger partial charge in [0.2, 0.25) is 11.7 Å². The first-order valence-electron chi connectivity index (χ1n) is 9.98. The third kappa shape index (κ3) is 7.57. The molecule has 2 amide bonds. The molecular weight excluding hydrogens is 434 g/mol. The molecule has 0 radical (unpaired) electrons. The highest BCUT2D eigenvalue weighted by Gasteiger charge is 2.31. The molecule has 1 aromatic carbocycles. The third-order valence-electron chi connectivity index (χ3n) is 4.87. The number of carbonyl (C=O) groups is 3. The number of hydrogen-bond acceptors (Lipinski definition) is 6. The van der Waals surface area contributed by atoms with Crippen LogP contribution in [0.3, 0.4) is 0 Å². The molecule has 1 unspecified atom stereocenters. The zero-order valence-corrected chi connectivity index (χ0v) is 18.0. The Kier molecular flexibility index (Phi) is 8.90. The van der Waals surface area contributed by atoms with E-state index in [0.29, 0.717) is 13.1 Å². The predicted octanol–water partition coefficient (Wildman–Crippen LogP) is 1.68. The summed E-state index contributed by atoms with van der Waals surface area (Å²) in [6.45, 7) is -0.452. The lowest BCUT2D eigenvalue weighted by Gasteiger charge is -2.19. The van der Waals surface area contributed by atoms with Crippen molar-refractivity contribution in [1.82, 2.24) is 10.2 Å². The fourth-order valence-electron chi connectivity index (χ4n) is 3.24. The number of hydrogen-bond donors (Lipinski definition) is 1. The van der Waals surface area contributed by atoms with Crippen LogP contribution in [0.25, 0.3) is 0 Å². The summed E-state index contributed by atoms with van der Waals surface area (Å²) in [6, 6.07) is 4.49. The summed E-state index contributed by atoms with van der Waals surface area (Å²) in [4.78, 5) is 38.2. The van der Waals surface area contributed by atoms with Gasteiger partial charge in [0.25, 0.3) is 5.91 Å². The number of rotatable bonds is 11. The van der Waals surface area contributed by atoms with E-state index in [1.54, 1.807) is 6.92 Å². The van der Waals surface area contributed by atoms with Crippen LogP contribution in [0.5, 0.6) is 5.75 Å². The van der Waals surface area contributed by atoms with Crippen molar-refractivity contribution in [1.29, 1.82) is 0 Å². The molecule has 1 fully saturated rings. The van der Waals surface area contributed by atoms with Crippen LogP contribution in [0.2, 0.25) is 0 Å². The lowest BCUT2D eigenvalue weighted by atomic mass is 10.1. The van der Waals surface area contributed by atoms with Crippen LogP contribution in [0.1, 0.15) is 38.2 Å². The maximum Gasteiger partial charge on any atom is 0.387 e. The summed E-state index contributed by atoms with van der Waals surface area (Å²) >= 11 is 0. The van der Waals surface area contributed by atoms with E-state index >= 15 is 0 Å². The number of halogens is 2. The van der Waals surface area contributed by atoms with Crippen molar-refractivity contribution in [3.05, 3.63) is 29.8 Å². The van der Waals surface area contributed by atoms with E-state index in [0.717, 1.165) is 12.8 Å². The first kappa shape index (κ1) is 24.7. The highest BCUT2D eigenvalue weighted by atomic mass is 32.2. The quantitative estimate of drug-likeness (QED) is 0.503. The van der Waals surface area contributed by atoms with Crippen molar-refractivity contribution in [3.63, 3.8) is 0 Å². The van der Waals surface area contributed by atoms with Crippen molar-refractivity contribution < 1.29 is 36.3 Å². The number of likely N-dealkylation sites (tertiary alicyclic amines) is 1. The zero-order valence-electron chi connectivity index (χ0n) is 17.2. The number of nitrogens with one attached hydrogen (secondary N) is 1. The van der Waals surface area contributed by atoms with Crippen LogP contribution < -0.4 is 10.1 Å². The minimum Gasteiger partial charge on any atom is -0.435 e. The molecule has 172 valence electrons. The van der Waals surface area contributed by atoms with Gasteiger partial charge >= 0.3 is 6.61 Å². The molecule has 31 heavy (non-hydrogen) atoms. The Morgan fingerprint density at radius 1 is 1.16 bits per heavy atom. The van der Waals surface area contributed by atoms with E-state index in [2.05, 4.69) is 10.1 Å². The van der Waals surface area contributed by atoms with E-state index in [1.165, 1.54) is 29.2 Å². The summed E-state index contributed by atoms with van der Waals surface area (Å²) < 4.78 is 54.0. The molecule has 0 aromatic heterocycles. The van der Waals surface area contributed by atoms with E-state index in [-0.39, 0.29) is 17.7 Å². The fraction of sp³-hybridized carbons (Fsp3) is 0.550. The third-order valence-corrected chi connectivity index (χ3v) is 6.45. The lowest BCUT2D eigenvalue weighted by Crippen LogP contribution is -2.48. The SMILES string of the molecule is CCC(NC(=O)CCS(=O)(=O)Cc1ccccc1OC(F)F)C(=O)C(=O)N1CCCC1. The number of ether oxygens (including phenoxy) is 1. The summed E-state index contributed by atoms with van der Waals surface area (Å²) in [6.07, 6.45) is 1.41. The minimum absolute atomic E-state index is 0.0565. The normalized spacial score (nSPS) is 15.0. The van der Waals surface area contributed by atoms with E-state index in [9.17, 15) is 31.6 Å². The smallest absolute Gasteiger partial charge is 0.387 e. The number of para-hydroxylation sites is 1. The molecule has 1 atom stereocenters. The highest BCUT2D eigenvalue weighted by molar-refractivity contribution is 7.90. The largest absolute Gasteiger partial charge is 0.435 e. The van der Waals surface area contributed by atoms with Gasteiger partial charge in [0.1, 0.15) is 5.75 Å². The molecule has 0 spiro atoms. The molecule has 1 aliphatic rings. The summed E-state index contributed by atoms with van der Waals surface area (Å²) in [5.74, 6) is -3.43. The van der Waals surface area contributed by atoms with Crippen LogP contribution in [-0.2, 0) is 30.0 Å².